The van der Waals surface area contributed by atoms with Gasteiger partial charge >= 0.3 is 12.0 Å². The van der Waals surface area contributed by atoms with Crippen LogP contribution in [0.5, 0.6) is 0 Å². The molecule has 0 saturated heterocycles. The summed E-state index contributed by atoms with van der Waals surface area (Å²) in [6.45, 7) is 3.62. The van der Waals surface area contributed by atoms with Crippen molar-refractivity contribution in [1.82, 2.24) is 14.8 Å². The number of rotatable bonds is 6. The molecule has 2 amide bonds. The molecule has 0 unspecified atom stereocenters. The number of aromatic nitrogens is 1. The van der Waals surface area contributed by atoms with Crippen LogP contribution in [0.15, 0.2) is 48.7 Å². The minimum absolute atomic E-state index is 0.0330. The molecule has 1 saturated carbocycles. The van der Waals surface area contributed by atoms with Crippen LogP contribution in [0.1, 0.15) is 62.7 Å². The van der Waals surface area contributed by atoms with Gasteiger partial charge in [-0.15, -0.1) is 0 Å². The fourth-order valence-electron chi connectivity index (χ4n) is 5.12. The Labute approximate surface area is 184 Å². The predicted molar refractivity (Wildman–Crippen MR) is 120 cm³/mol. The first-order valence-corrected chi connectivity index (χ1v) is 11.5. The summed E-state index contributed by atoms with van der Waals surface area (Å²) in [5.74, 6) is -0.224. The molecule has 1 fully saturated rings. The molecule has 1 aliphatic heterocycles. The Morgan fingerprint density at radius 3 is 2.58 bits per heavy atom. The highest BCUT2D eigenvalue weighted by Gasteiger charge is 2.39. The Morgan fingerprint density at radius 1 is 1.06 bits per heavy atom. The molecule has 1 aromatic carbocycles. The smallest absolute Gasteiger partial charge is 0.318 e. The van der Waals surface area contributed by atoms with E-state index in [4.69, 9.17) is 4.74 Å². The van der Waals surface area contributed by atoms with Crippen LogP contribution in [0.2, 0.25) is 0 Å². The van der Waals surface area contributed by atoms with Crippen molar-refractivity contribution in [3.05, 3.63) is 59.9 Å². The third-order valence-corrected chi connectivity index (χ3v) is 6.67. The zero-order chi connectivity index (χ0) is 21.7. The summed E-state index contributed by atoms with van der Waals surface area (Å²) in [4.78, 5) is 27.9. The van der Waals surface area contributed by atoms with E-state index >= 15 is 0 Å². The van der Waals surface area contributed by atoms with Crippen molar-refractivity contribution in [3.8, 4) is 0 Å². The minimum Gasteiger partial charge on any atom is -0.466 e. The van der Waals surface area contributed by atoms with Crippen LogP contribution in [0, 0.1) is 0 Å². The molecule has 4 rings (SSSR count). The Bertz CT molecular complexity index is 886. The van der Waals surface area contributed by atoms with Crippen LogP contribution in [0.25, 0.3) is 0 Å². The molecule has 6 heteroatoms. The molecule has 1 atom stereocenters. The standard InChI is InChI=1S/C25H33N3O3/c1-2-31-23(29)19-25(13-7-4-8-14-25)26-24(30)28-17-16-27-15-9-12-21(27)22(28)18-20-10-5-3-6-11-20/h3,5-6,9-12,15,22H,2,4,7-8,13-14,16-19H2,1H3,(H,26,30)/t22-/m0/s1. The Morgan fingerprint density at radius 2 is 1.84 bits per heavy atom. The molecular formula is C25H33N3O3. The van der Waals surface area contributed by atoms with Crippen molar-refractivity contribution in [2.24, 2.45) is 0 Å². The van der Waals surface area contributed by atoms with Crippen LogP contribution in [0.4, 0.5) is 4.79 Å². The number of hydrogen-bond acceptors (Lipinski definition) is 3. The van der Waals surface area contributed by atoms with Gasteiger partial charge in [-0.2, -0.15) is 0 Å². The number of nitrogens with one attached hydrogen (secondary N) is 1. The molecule has 0 spiro atoms. The summed E-state index contributed by atoms with van der Waals surface area (Å²) in [6, 6.07) is 14.4. The number of urea groups is 1. The van der Waals surface area contributed by atoms with Crippen LogP contribution >= 0.6 is 0 Å². The van der Waals surface area contributed by atoms with E-state index in [9.17, 15) is 9.59 Å². The average molecular weight is 424 g/mol. The van der Waals surface area contributed by atoms with Gasteiger partial charge in [0.2, 0.25) is 0 Å². The predicted octanol–water partition coefficient (Wildman–Crippen LogP) is 4.45. The van der Waals surface area contributed by atoms with E-state index < -0.39 is 5.54 Å². The molecule has 0 radical (unpaired) electrons. The maximum atomic E-state index is 13.6. The van der Waals surface area contributed by atoms with Crippen molar-refractivity contribution in [2.75, 3.05) is 13.2 Å². The summed E-state index contributed by atoms with van der Waals surface area (Å²) < 4.78 is 7.47. The lowest BCUT2D eigenvalue weighted by atomic mass is 9.79. The van der Waals surface area contributed by atoms with Gasteiger partial charge in [-0.1, -0.05) is 49.6 Å². The fraction of sp³-hybridized carbons (Fsp3) is 0.520. The molecule has 31 heavy (non-hydrogen) atoms. The number of fused-ring (bicyclic) bond motifs is 1. The first-order chi connectivity index (χ1) is 15.1. The van der Waals surface area contributed by atoms with Crippen molar-refractivity contribution < 1.29 is 14.3 Å². The first kappa shape index (κ1) is 21.5. The van der Waals surface area contributed by atoms with Crippen LogP contribution in [-0.2, 0) is 22.5 Å². The number of esters is 1. The zero-order valence-corrected chi connectivity index (χ0v) is 18.4. The normalized spacial score (nSPS) is 20.0. The van der Waals surface area contributed by atoms with Crippen molar-refractivity contribution in [2.45, 2.75) is 70.0 Å². The third-order valence-electron chi connectivity index (χ3n) is 6.67. The Kier molecular flexibility index (Phi) is 6.64. The third kappa shape index (κ3) is 4.94. The molecule has 0 bridgehead atoms. The van der Waals surface area contributed by atoms with Gasteiger partial charge in [-0.25, -0.2) is 4.79 Å². The van der Waals surface area contributed by atoms with Crippen molar-refractivity contribution in [3.63, 3.8) is 0 Å². The lowest BCUT2D eigenvalue weighted by Gasteiger charge is -2.42. The molecule has 2 heterocycles. The number of carbonyl (C=O) groups is 2. The molecular weight excluding hydrogens is 390 g/mol. The highest BCUT2D eigenvalue weighted by molar-refractivity contribution is 5.78. The molecule has 2 aliphatic rings. The number of hydrogen-bond donors (Lipinski definition) is 1. The maximum absolute atomic E-state index is 13.6. The quantitative estimate of drug-likeness (QED) is 0.698. The van der Waals surface area contributed by atoms with E-state index in [2.05, 4.69) is 40.3 Å². The van der Waals surface area contributed by atoms with Gasteiger partial charge in [0.05, 0.1) is 24.6 Å². The van der Waals surface area contributed by atoms with Gasteiger partial charge in [0.15, 0.2) is 0 Å². The van der Waals surface area contributed by atoms with Crippen LogP contribution in [0.3, 0.4) is 0 Å². The molecule has 1 aliphatic carbocycles. The molecule has 1 aromatic heterocycles. The summed E-state index contributed by atoms with van der Waals surface area (Å²) in [7, 11) is 0. The van der Waals surface area contributed by atoms with Gasteiger partial charge < -0.3 is 19.5 Å². The molecule has 2 aromatic rings. The number of amides is 2. The topological polar surface area (TPSA) is 63.6 Å². The van der Waals surface area contributed by atoms with Crippen LogP contribution in [-0.4, -0.2) is 40.2 Å². The second-order valence-electron chi connectivity index (χ2n) is 8.78. The lowest BCUT2D eigenvalue weighted by Crippen LogP contribution is -2.57. The lowest BCUT2D eigenvalue weighted by molar-refractivity contribution is -0.145. The van der Waals surface area contributed by atoms with Crippen molar-refractivity contribution >= 4 is 12.0 Å². The highest BCUT2D eigenvalue weighted by atomic mass is 16.5. The number of carbonyl (C=O) groups excluding carboxylic acids is 2. The fourth-order valence-corrected chi connectivity index (χ4v) is 5.12. The molecule has 166 valence electrons. The summed E-state index contributed by atoms with van der Waals surface area (Å²) in [5, 5.41) is 3.31. The molecule has 6 nitrogen and oxygen atoms in total. The van der Waals surface area contributed by atoms with E-state index in [1.165, 1.54) is 5.56 Å². The van der Waals surface area contributed by atoms with Gasteiger partial charge in [-0.05, 0) is 43.9 Å². The van der Waals surface area contributed by atoms with E-state index in [0.29, 0.717) is 13.2 Å². The summed E-state index contributed by atoms with van der Waals surface area (Å²) in [5.41, 5.74) is 1.87. The Hall–Kier alpha value is -2.76. The van der Waals surface area contributed by atoms with E-state index in [-0.39, 0.29) is 24.5 Å². The van der Waals surface area contributed by atoms with Gasteiger partial charge in [0, 0.05) is 25.0 Å². The first-order valence-electron chi connectivity index (χ1n) is 11.5. The van der Waals surface area contributed by atoms with E-state index in [1.54, 1.807) is 0 Å². The molecule has 1 N–H and O–H groups in total. The van der Waals surface area contributed by atoms with Crippen molar-refractivity contribution in [1.29, 1.82) is 0 Å². The summed E-state index contributed by atoms with van der Waals surface area (Å²) in [6.07, 6.45) is 7.95. The minimum atomic E-state index is -0.502. The van der Waals surface area contributed by atoms with Crippen LogP contribution < -0.4 is 5.32 Å². The largest absolute Gasteiger partial charge is 0.466 e. The van der Waals surface area contributed by atoms with E-state index in [1.807, 2.05) is 30.0 Å². The highest BCUT2D eigenvalue weighted by Crippen LogP contribution is 2.34. The SMILES string of the molecule is CCOC(=O)CC1(NC(=O)N2CCn3cccc3[C@@H]2Cc2ccccc2)CCCCC1. The second-order valence-corrected chi connectivity index (χ2v) is 8.78. The number of benzene rings is 1. The average Bonchev–Trinajstić information content (AvgIpc) is 3.24. The monoisotopic (exact) mass is 423 g/mol. The Balaban J connectivity index is 1.55. The maximum Gasteiger partial charge on any atom is 0.318 e. The number of nitrogens with zero attached hydrogens (tertiary/aromatic N) is 2. The van der Waals surface area contributed by atoms with E-state index in [0.717, 1.165) is 50.8 Å². The van der Waals surface area contributed by atoms with Gasteiger partial charge in [0.25, 0.3) is 0 Å². The zero-order valence-electron chi connectivity index (χ0n) is 18.4. The summed E-state index contributed by atoms with van der Waals surface area (Å²) >= 11 is 0. The number of ether oxygens (including phenoxy) is 1. The van der Waals surface area contributed by atoms with Gasteiger partial charge in [0.1, 0.15) is 0 Å². The van der Waals surface area contributed by atoms with Gasteiger partial charge in [-0.3, -0.25) is 4.79 Å². The second kappa shape index (κ2) is 9.58.